The molecule has 96 valence electrons. The molecule has 0 spiro atoms. The first-order chi connectivity index (χ1) is 8.69. The third kappa shape index (κ3) is 3.47. The van der Waals surface area contributed by atoms with Gasteiger partial charge >= 0.3 is 0 Å². The molecular weight excluding hydrogens is 321 g/mol. The van der Waals surface area contributed by atoms with Crippen molar-refractivity contribution in [2.45, 2.75) is 13.5 Å². The van der Waals surface area contributed by atoms with Gasteiger partial charge in [-0.2, -0.15) is 0 Å². The van der Waals surface area contributed by atoms with Crippen LogP contribution >= 0.6 is 27.3 Å². The average Bonchev–Trinajstić information content (AvgIpc) is 2.79. The summed E-state index contributed by atoms with van der Waals surface area (Å²) in [5, 5.41) is 12.1. The van der Waals surface area contributed by atoms with Crippen molar-refractivity contribution in [2.24, 2.45) is 0 Å². The monoisotopic (exact) mass is 331 g/mol. The van der Waals surface area contributed by atoms with E-state index in [4.69, 9.17) is 4.74 Å². The zero-order valence-electron chi connectivity index (χ0n) is 9.61. The summed E-state index contributed by atoms with van der Waals surface area (Å²) in [4.78, 5) is 0. The van der Waals surface area contributed by atoms with Crippen molar-refractivity contribution in [1.82, 2.24) is 15.5 Å². The number of hydrogen-bond acceptors (Lipinski definition) is 5. The molecule has 0 atom stereocenters. The van der Waals surface area contributed by atoms with Gasteiger partial charge in [0, 0.05) is 11.0 Å². The number of aromatic nitrogens is 2. The first-order valence-corrected chi connectivity index (χ1v) is 6.96. The van der Waals surface area contributed by atoms with Gasteiger partial charge in [-0.1, -0.05) is 39.3 Å². The van der Waals surface area contributed by atoms with Gasteiger partial charge in [0.25, 0.3) is 5.19 Å². The molecule has 0 fully saturated rings. The molecule has 0 aliphatic rings. The van der Waals surface area contributed by atoms with E-state index < -0.39 is 5.82 Å². The van der Waals surface area contributed by atoms with Crippen molar-refractivity contribution in [3.8, 4) is 10.9 Å². The molecule has 1 N–H and O–H groups in total. The van der Waals surface area contributed by atoms with E-state index in [1.807, 2.05) is 6.92 Å². The van der Waals surface area contributed by atoms with Gasteiger partial charge in [0.1, 0.15) is 5.01 Å². The van der Waals surface area contributed by atoms with Crippen LogP contribution in [0.25, 0.3) is 0 Å². The summed E-state index contributed by atoms with van der Waals surface area (Å²) in [6.07, 6.45) is 0. The molecule has 0 aliphatic heterocycles. The maximum Gasteiger partial charge on any atom is 0.299 e. The van der Waals surface area contributed by atoms with E-state index in [2.05, 4.69) is 31.4 Å². The summed E-state index contributed by atoms with van der Waals surface area (Å²) >= 11 is 4.55. The largest absolute Gasteiger partial charge is 0.427 e. The van der Waals surface area contributed by atoms with E-state index in [9.17, 15) is 4.39 Å². The first-order valence-electron chi connectivity index (χ1n) is 5.35. The van der Waals surface area contributed by atoms with Gasteiger partial charge in [0.05, 0.1) is 0 Å². The van der Waals surface area contributed by atoms with Crippen LogP contribution in [-0.4, -0.2) is 16.7 Å². The van der Waals surface area contributed by atoms with Crippen molar-refractivity contribution in [3.05, 3.63) is 33.5 Å². The molecule has 0 amide bonds. The van der Waals surface area contributed by atoms with Crippen LogP contribution < -0.4 is 10.1 Å². The van der Waals surface area contributed by atoms with Crippen LogP contribution in [0.5, 0.6) is 10.9 Å². The Kier molecular flexibility index (Phi) is 4.62. The molecule has 4 nitrogen and oxygen atoms in total. The lowest BCUT2D eigenvalue weighted by Gasteiger charge is -2.02. The molecule has 0 saturated heterocycles. The van der Waals surface area contributed by atoms with E-state index in [1.165, 1.54) is 17.4 Å². The molecule has 2 rings (SSSR count). The van der Waals surface area contributed by atoms with Crippen LogP contribution in [0.4, 0.5) is 4.39 Å². The average molecular weight is 332 g/mol. The third-order valence-corrected chi connectivity index (χ3v) is 3.36. The normalized spacial score (nSPS) is 10.6. The Morgan fingerprint density at radius 3 is 3.06 bits per heavy atom. The second-order valence-electron chi connectivity index (χ2n) is 3.42. The fraction of sp³-hybridized carbons (Fsp3) is 0.273. The van der Waals surface area contributed by atoms with Gasteiger partial charge in [-0.25, -0.2) is 4.39 Å². The number of nitrogens with one attached hydrogen (secondary N) is 1. The van der Waals surface area contributed by atoms with E-state index in [-0.39, 0.29) is 5.75 Å². The van der Waals surface area contributed by atoms with Gasteiger partial charge in [-0.05, 0) is 24.7 Å². The maximum atomic E-state index is 13.5. The van der Waals surface area contributed by atoms with Crippen LogP contribution in [0.15, 0.2) is 22.7 Å². The van der Waals surface area contributed by atoms with E-state index >= 15 is 0 Å². The molecular formula is C11H11BrFN3OS. The quantitative estimate of drug-likeness (QED) is 0.912. The van der Waals surface area contributed by atoms with Crippen molar-refractivity contribution in [2.75, 3.05) is 6.54 Å². The fourth-order valence-corrected chi connectivity index (χ4v) is 2.24. The maximum absolute atomic E-state index is 13.5. The number of rotatable bonds is 5. The van der Waals surface area contributed by atoms with Crippen molar-refractivity contribution in [1.29, 1.82) is 0 Å². The Hall–Kier alpha value is -1.05. The van der Waals surface area contributed by atoms with E-state index in [1.54, 1.807) is 12.1 Å². The van der Waals surface area contributed by atoms with Crippen LogP contribution in [0.3, 0.4) is 0 Å². The lowest BCUT2D eigenvalue weighted by molar-refractivity contribution is 0.435. The van der Waals surface area contributed by atoms with Crippen molar-refractivity contribution >= 4 is 27.3 Å². The third-order valence-electron chi connectivity index (χ3n) is 2.07. The van der Waals surface area contributed by atoms with Crippen molar-refractivity contribution in [3.63, 3.8) is 0 Å². The standard InChI is InChI=1S/C11H11BrFN3OS/c1-2-14-6-10-15-16-11(18-10)17-9-5-7(12)3-4-8(9)13/h3-5,14H,2,6H2,1H3. The number of ether oxygens (including phenoxy) is 1. The summed E-state index contributed by atoms with van der Waals surface area (Å²) < 4.78 is 19.6. The molecule has 7 heteroatoms. The molecule has 2 aromatic rings. The zero-order chi connectivity index (χ0) is 13.0. The lowest BCUT2D eigenvalue weighted by Crippen LogP contribution is -2.11. The Balaban J connectivity index is 2.08. The molecule has 0 saturated carbocycles. The predicted octanol–water partition coefficient (Wildman–Crippen LogP) is 3.34. The summed E-state index contributed by atoms with van der Waals surface area (Å²) in [5.41, 5.74) is 0. The minimum Gasteiger partial charge on any atom is -0.427 e. The number of hydrogen-bond donors (Lipinski definition) is 1. The van der Waals surface area contributed by atoms with Gasteiger partial charge in [0.2, 0.25) is 0 Å². The van der Waals surface area contributed by atoms with Crippen LogP contribution in [0.1, 0.15) is 11.9 Å². The molecule has 18 heavy (non-hydrogen) atoms. The molecule has 1 heterocycles. The fourth-order valence-electron chi connectivity index (χ4n) is 1.23. The molecule has 1 aromatic carbocycles. The summed E-state index contributed by atoms with van der Waals surface area (Å²) in [6.45, 7) is 3.50. The highest BCUT2D eigenvalue weighted by Crippen LogP contribution is 2.29. The van der Waals surface area contributed by atoms with Gasteiger partial charge < -0.3 is 10.1 Å². The number of benzene rings is 1. The Morgan fingerprint density at radius 2 is 2.28 bits per heavy atom. The smallest absolute Gasteiger partial charge is 0.299 e. The highest BCUT2D eigenvalue weighted by atomic mass is 79.9. The Morgan fingerprint density at radius 1 is 1.44 bits per heavy atom. The highest BCUT2D eigenvalue weighted by Gasteiger charge is 2.09. The second-order valence-corrected chi connectivity index (χ2v) is 5.36. The van der Waals surface area contributed by atoms with Crippen LogP contribution in [-0.2, 0) is 6.54 Å². The minimum atomic E-state index is -0.429. The Bertz CT molecular complexity index is 535. The number of nitrogens with zero attached hydrogens (tertiary/aromatic N) is 2. The van der Waals surface area contributed by atoms with Gasteiger partial charge in [-0.3, -0.25) is 0 Å². The van der Waals surface area contributed by atoms with E-state index in [0.717, 1.165) is 16.0 Å². The molecule has 0 radical (unpaired) electrons. The summed E-state index contributed by atoms with van der Waals surface area (Å²) in [6, 6.07) is 4.50. The van der Waals surface area contributed by atoms with Gasteiger partial charge in [0.15, 0.2) is 11.6 Å². The zero-order valence-corrected chi connectivity index (χ0v) is 12.0. The second kappa shape index (κ2) is 6.21. The summed E-state index contributed by atoms with van der Waals surface area (Å²) in [7, 11) is 0. The van der Waals surface area contributed by atoms with Crippen molar-refractivity contribution < 1.29 is 9.13 Å². The van der Waals surface area contributed by atoms with Crippen LogP contribution in [0, 0.1) is 5.82 Å². The SMILES string of the molecule is CCNCc1nnc(Oc2cc(Br)ccc2F)s1. The minimum absolute atomic E-state index is 0.135. The Labute approximate surface area is 116 Å². The highest BCUT2D eigenvalue weighted by molar-refractivity contribution is 9.10. The number of halogens is 2. The summed E-state index contributed by atoms with van der Waals surface area (Å²) in [5.74, 6) is -0.294. The lowest BCUT2D eigenvalue weighted by atomic mass is 10.3. The van der Waals surface area contributed by atoms with Gasteiger partial charge in [-0.15, -0.1) is 5.10 Å². The molecule has 0 bridgehead atoms. The molecule has 0 unspecified atom stereocenters. The molecule has 0 aliphatic carbocycles. The first kappa shape index (κ1) is 13.4. The molecule has 1 aromatic heterocycles. The van der Waals surface area contributed by atoms with Crippen LogP contribution in [0.2, 0.25) is 0 Å². The van der Waals surface area contributed by atoms with E-state index in [0.29, 0.717) is 11.7 Å². The predicted molar refractivity (Wildman–Crippen MR) is 71.5 cm³/mol. The topological polar surface area (TPSA) is 47.0 Å².